The molecule has 11 nitrogen and oxygen atoms in total. The average molecular weight is 927 g/mol. The lowest BCUT2D eigenvalue weighted by atomic mass is 9.77. The summed E-state index contributed by atoms with van der Waals surface area (Å²) in [5.74, 6) is -1.01. The van der Waals surface area contributed by atoms with Gasteiger partial charge in [0, 0.05) is 54.3 Å². The minimum atomic E-state index is -1.04. The second-order valence-electron chi connectivity index (χ2n) is 19.2. The number of benzene rings is 4. The van der Waals surface area contributed by atoms with Gasteiger partial charge in [-0.2, -0.15) is 0 Å². The SMILES string of the molecule is CCCCCC(=O)CCC1(COC(=O)CCCCC)Cc2cccc3c(C4=C(O)/C(=c5\ccc6c7c(cccc57)NC(COC(=O)CCCCC)(COC(=O)CCCCC)C=6)C4=O)ccc(c23)N1. The number of rotatable bonds is 26. The third kappa shape index (κ3) is 11.3. The summed E-state index contributed by atoms with van der Waals surface area (Å²) in [5.41, 5.74) is 1.91. The van der Waals surface area contributed by atoms with Crippen LogP contribution in [0.4, 0.5) is 11.4 Å². The van der Waals surface area contributed by atoms with Crippen LogP contribution in [0.25, 0.3) is 38.8 Å². The van der Waals surface area contributed by atoms with Crippen molar-refractivity contribution < 1.29 is 43.3 Å². The number of aliphatic hydroxyl groups excluding tert-OH is 1. The first-order valence-electron chi connectivity index (χ1n) is 25.3. The number of Topliss-reactive ketones (excluding diaryl/α,β-unsaturated/α-hetero) is 2. The fraction of sp³-hybridized carbons (Fsp3) is 0.491. The number of hydrogen-bond acceptors (Lipinski definition) is 11. The Labute approximate surface area is 400 Å². The molecule has 11 heteroatoms. The first kappa shape index (κ1) is 49.9. The third-order valence-corrected chi connectivity index (χ3v) is 13.8. The number of ketones is 2. The Bertz CT molecular complexity index is 2630. The van der Waals surface area contributed by atoms with E-state index in [0.717, 1.165) is 121 Å². The van der Waals surface area contributed by atoms with Crippen LogP contribution in [0.5, 0.6) is 0 Å². The molecule has 0 aromatic heterocycles. The van der Waals surface area contributed by atoms with Crippen LogP contribution >= 0.6 is 0 Å². The lowest BCUT2D eigenvalue weighted by molar-refractivity contribution is -0.148. The highest BCUT2D eigenvalue weighted by Gasteiger charge is 2.41. The number of aliphatic hydroxyl groups is 1. The van der Waals surface area contributed by atoms with Crippen molar-refractivity contribution in [3.63, 3.8) is 0 Å². The molecule has 4 aromatic carbocycles. The fourth-order valence-corrected chi connectivity index (χ4v) is 10.0. The van der Waals surface area contributed by atoms with E-state index in [0.29, 0.717) is 55.7 Å². The molecular weight excluding hydrogens is 857 g/mol. The molecule has 4 aromatic rings. The molecule has 2 heterocycles. The number of anilines is 2. The van der Waals surface area contributed by atoms with E-state index in [4.69, 9.17) is 14.2 Å². The summed E-state index contributed by atoms with van der Waals surface area (Å²) < 4.78 is 17.6. The number of unbranched alkanes of at least 4 members (excludes halogenated alkanes) is 8. The predicted molar refractivity (Wildman–Crippen MR) is 270 cm³/mol. The number of carbonyl (C=O) groups excluding carboxylic acids is 5. The van der Waals surface area contributed by atoms with Gasteiger partial charge in [0.25, 0.3) is 0 Å². The van der Waals surface area contributed by atoms with Crippen LogP contribution in [-0.2, 0) is 44.6 Å². The van der Waals surface area contributed by atoms with E-state index in [1.165, 1.54) is 0 Å². The second kappa shape index (κ2) is 22.9. The van der Waals surface area contributed by atoms with Crippen molar-refractivity contribution in [2.75, 3.05) is 30.5 Å². The fourth-order valence-electron chi connectivity index (χ4n) is 10.0. The Morgan fingerprint density at radius 1 is 0.588 bits per heavy atom. The van der Waals surface area contributed by atoms with E-state index >= 15 is 0 Å². The maximum absolute atomic E-state index is 14.5. The number of carbonyl (C=O) groups is 5. The quantitative estimate of drug-likeness (QED) is 0.0313. The van der Waals surface area contributed by atoms with Gasteiger partial charge in [-0.25, -0.2) is 0 Å². The Hall–Kier alpha value is -5.97. The average Bonchev–Trinajstić information content (AvgIpc) is 3.33. The van der Waals surface area contributed by atoms with Crippen molar-refractivity contribution >= 4 is 79.6 Å². The van der Waals surface area contributed by atoms with E-state index in [1.807, 2.05) is 60.7 Å². The van der Waals surface area contributed by atoms with Gasteiger partial charge in [-0.05, 0) is 89.1 Å². The number of ether oxygens (including phenoxy) is 3. The molecule has 1 atom stereocenters. The highest BCUT2D eigenvalue weighted by atomic mass is 16.6. The summed E-state index contributed by atoms with van der Waals surface area (Å²) in [4.78, 5) is 66.1. The van der Waals surface area contributed by atoms with E-state index in [9.17, 15) is 29.1 Å². The van der Waals surface area contributed by atoms with Crippen LogP contribution in [-0.4, -0.2) is 65.5 Å². The highest BCUT2D eigenvalue weighted by Crippen LogP contribution is 2.45. The maximum Gasteiger partial charge on any atom is 0.305 e. The summed E-state index contributed by atoms with van der Waals surface area (Å²) in [6.07, 6.45) is 15.8. The molecule has 362 valence electrons. The zero-order valence-electron chi connectivity index (χ0n) is 40.6. The van der Waals surface area contributed by atoms with Crippen molar-refractivity contribution in [3.8, 4) is 0 Å². The number of esters is 3. The first-order valence-corrected chi connectivity index (χ1v) is 25.3. The molecule has 2 aliphatic heterocycles. The Morgan fingerprint density at radius 2 is 1.16 bits per heavy atom. The molecule has 0 saturated heterocycles. The van der Waals surface area contributed by atoms with Crippen molar-refractivity contribution in [1.29, 1.82) is 0 Å². The van der Waals surface area contributed by atoms with E-state index in [-0.39, 0.29) is 66.2 Å². The maximum atomic E-state index is 14.5. The monoisotopic (exact) mass is 927 g/mol. The smallest absolute Gasteiger partial charge is 0.305 e. The minimum Gasteiger partial charge on any atom is -0.506 e. The van der Waals surface area contributed by atoms with Gasteiger partial charge in [0.2, 0.25) is 5.78 Å². The highest BCUT2D eigenvalue weighted by molar-refractivity contribution is 6.53. The molecule has 1 unspecified atom stereocenters. The molecule has 3 aliphatic rings. The van der Waals surface area contributed by atoms with E-state index in [1.54, 1.807) is 0 Å². The van der Waals surface area contributed by atoms with Gasteiger partial charge in [-0.3, -0.25) is 24.0 Å². The third-order valence-electron chi connectivity index (χ3n) is 13.8. The molecule has 1 aliphatic carbocycles. The lowest BCUT2D eigenvalue weighted by Crippen LogP contribution is -2.49. The molecule has 0 radical (unpaired) electrons. The van der Waals surface area contributed by atoms with Crippen LogP contribution < -0.4 is 21.1 Å². The predicted octanol–water partition coefficient (Wildman–Crippen LogP) is 10.6. The standard InChI is InChI=1S/C57H70N2O9/c1-5-9-13-20-40(60)31-32-56(35-66-47(61)24-14-10-6-2)33-38-19-17-21-41-44(29-30-46(58-56)50(38)41)53-54(64)52(55(53)65)43-28-27-39-34-57(36-67-48(62)25-15-11-7-3,37-68-49(63)26-16-12-8-4)59-45-23-18-22-42(43)51(39)45/h17-19,21-23,27-30,34,58-59,64H,5-16,20,24-26,31-33,35-37H2,1-4H3/b52-43-. The van der Waals surface area contributed by atoms with Crippen LogP contribution in [0.2, 0.25) is 0 Å². The van der Waals surface area contributed by atoms with E-state index in [2.05, 4.69) is 44.4 Å². The number of allylic oxidation sites excluding steroid dienone is 2. The normalized spacial score (nSPS) is 17.5. The molecule has 68 heavy (non-hydrogen) atoms. The molecule has 0 amide bonds. The second-order valence-corrected chi connectivity index (χ2v) is 19.2. The summed E-state index contributed by atoms with van der Waals surface area (Å²) in [7, 11) is 0. The molecule has 3 N–H and O–H groups in total. The van der Waals surface area contributed by atoms with Crippen molar-refractivity contribution in [3.05, 3.63) is 88.0 Å². The number of nitrogens with one attached hydrogen (secondary N) is 2. The largest absolute Gasteiger partial charge is 0.506 e. The van der Waals surface area contributed by atoms with Gasteiger partial charge in [0.05, 0.1) is 16.7 Å². The van der Waals surface area contributed by atoms with Gasteiger partial charge in [0.15, 0.2) is 0 Å². The van der Waals surface area contributed by atoms with Crippen molar-refractivity contribution in [1.82, 2.24) is 0 Å². The molecule has 0 spiro atoms. The van der Waals surface area contributed by atoms with Crippen molar-refractivity contribution in [2.24, 2.45) is 0 Å². The van der Waals surface area contributed by atoms with Gasteiger partial charge >= 0.3 is 17.9 Å². The summed E-state index contributed by atoms with van der Waals surface area (Å²) in [6.45, 7) is 8.41. The molecule has 0 saturated carbocycles. The Kier molecular flexibility index (Phi) is 16.8. The number of hydrogen-bond donors (Lipinski definition) is 3. The molecule has 7 rings (SSSR count). The minimum absolute atomic E-state index is 0.0448. The Morgan fingerprint density at radius 3 is 1.78 bits per heavy atom. The van der Waals surface area contributed by atoms with Crippen LogP contribution in [0, 0.1) is 0 Å². The van der Waals surface area contributed by atoms with Gasteiger partial charge in [0.1, 0.15) is 36.9 Å². The van der Waals surface area contributed by atoms with Gasteiger partial charge in [-0.15, -0.1) is 0 Å². The van der Waals surface area contributed by atoms with Crippen LogP contribution in [0.15, 0.2) is 66.4 Å². The molecular formula is C57H70N2O9. The summed E-state index contributed by atoms with van der Waals surface area (Å²) >= 11 is 0. The zero-order chi connectivity index (χ0) is 48.3. The van der Waals surface area contributed by atoms with Crippen LogP contribution in [0.1, 0.15) is 154 Å². The van der Waals surface area contributed by atoms with Gasteiger partial charge in [-0.1, -0.05) is 128 Å². The Balaban J connectivity index is 1.21. The molecule has 0 fully saturated rings. The van der Waals surface area contributed by atoms with Gasteiger partial charge < -0.3 is 30.0 Å². The van der Waals surface area contributed by atoms with E-state index < -0.39 is 11.1 Å². The first-order chi connectivity index (χ1) is 33.0. The summed E-state index contributed by atoms with van der Waals surface area (Å²) in [6, 6.07) is 19.2. The van der Waals surface area contributed by atoms with Crippen LogP contribution in [0.3, 0.4) is 0 Å². The van der Waals surface area contributed by atoms with Crippen molar-refractivity contribution in [2.45, 2.75) is 161 Å². The molecule has 0 bridgehead atoms. The summed E-state index contributed by atoms with van der Waals surface area (Å²) in [5, 5.41) is 23.9. The zero-order valence-corrected chi connectivity index (χ0v) is 40.6. The lowest BCUT2D eigenvalue weighted by Gasteiger charge is -2.40. The topological polar surface area (TPSA) is 157 Å².